The number of para-hydroxylation sites is 2. The first-order valence-electron chi connectivity index (χ1n) is 7.25. The molecule has 0 bridgehead atoms. The van der Waals surface area contributed by atoms with Gasteiger partial charge in [-0.1, -0.05) is 24.3 Å². The van der Waals surface area contributed by atoms with Crippen molar-refractivity contribution in [1.82, 2.24) is 4.98 Å². The third-order valence-corrected chi connectivity index (χ3v) is 4.71. The molecule has 0 saturated carbocycles. The second kappa shape index (κ2) is 6.64. The van der Waals surface area contributed by atoms with E-state index in [0.29, 0.717) is 11.1 Å². The van der Waals surface area contributed by atoms with Gasteiger partial charge in [0.25, 0.3) is 5.91 Å². The molecule has 1 amide bonds. The molecule has 0 aliphatic rings. The first-order chi connectivity index (χ1) is 11.5. The predicted molar refractivity (Wildman–Crippen MR) is 90.4 cm³/mol. The van der Waals surface area contributed by atoms with E-state index in [0.717, 1.165) is 4.70 Å². The predicted octanol–water partition coefficient (Wildman–Crippen LogP) is 2.78. The number of carbonyl (C=O) groups excluding carboxylic acids is 1. The summed E-state index contributed by atoms with van der Waals surface area (Å²) in [5.41, 5.74) is 1.18. The maximum Gasteiger partial charge on any atom is 0.256 e. The Morgan fingerprint density at radius 3 is 2.67 bits per heavy atom. The number of nitrogens with zero attached hydrogens (tertiary/aromatic N) is 1. The fourth-order valence-electron chi connectivity index (χ4n) is 2.28. The van der Waals surface area contributed by atoms with Crippen LogP contribution in [0.15, 0.2) is 42.5 Å². The summed E-state index contributed by atoms with van der Waals surface area (Å²) >= 11 is 1.19. The maximum absolute atomic E-state index is 13.8. The van der Waals surface area contributed by atoms with Gasteiger partial charge in [0.2, 0.25) is 0 Å². The van der Waals surface area contributed by atoms with Gasteiger partial charge in [0.15, 0.2) is 6.10 Å². The monoisotopic (exact) mass is 346 g/mol. The van der Waals surface area contributed by atoms with Crippen LogP contribution < -0.4 is 5.32 Å². The number of hydrogen-bond donors (Lipinski definition) is 3. The Balaban J connectivity index is 1.79. The normalized spacial score (nSPS) is 13.7. The van der Waals surface area contributed by atoms with E-state index < -0.39 is 23.9 Å². The zero-order valence-corrected chi connectivity index (χ0v) is 13.5. The van der Waals surface area contributed by atoms with Gasteiger partial charge in [-0.15, -0.1) is 11.3 Å². The summed E-state index contributed by atoms with van der Waals surface area (Å²) < 4.78 is 14.6. The first-order valence-corrected chi connectivity index (χ1v) is 8.06. The molecule has 7 heteroatoms. The molecule has 0 fully saturated rings. The van der Waals surface area contributed by atoms with Crippen molar-refractivity contribution in [1.29, 1.82) is 0 Å². The lowest BCUT2D eigenvalue weighted by molar-refractivity contribution is -0.129. The highest BCUT2D eigenvalue weighted by molar-refractivity contribution is 7.18. The van der Waals surface area contributed by atoms with Gasteiger partial charge in [-0.25, -0.2) is 9.37 Å². The number of aryl methyl sites for hydroxylation is 1. The van der Waals surface area contributed by atoms with Crippen LogP contribution in [-0.4, -0.2) is 27.2 Å². The van der Waals surface area contributed by atoms with Crippen LogP contribution in [0.3, 0.4) is 0 Å². The van der Waals surface area contributed by atoms with Gasteiger partial charge >= 0.3 is 0 Å². The standard InChI is InChI=1S/C17H15FN2O3S/c1-9-5-4-6-10(18)13(9)20-16(23)14(21)15(22)17-19-11-7-2-3-8-12(11)24-17/h2-8,14-15,21-22H,1H3,(H,20,23). The van der Waals surface area contributed by atoms with Crippen LogP contribution in [-0.2, 0) is 4.79 Å². The van der Waals surface area contributed by atoms with Crippen molar-refractivity contribution < 1.29 is 19.4 Å². The van der Waals surface area contributed by atoms with Gasteiger partial charge < -0.3 is 15.5 Å². The van der Waals surface area contributed by atoms with Crippen molar-refractivity contribution in [2.24, 2.45) is 0 Å². The maximum atomic E-state index is 13.8. The van der Waals surface area contributed by atoms with Gasteiger partial charge in [0, 0.05) is 0 Å². The van der Waals surface area contributed by atoms with E-state index in [1.54, 1.807) is 19.1 Å². The minimum atomic E-state index is -1.76. The number of nitrogens with one attached hydrogen (secondary N) is 1. The average Bonchev–Trinajstić information content (AvgIpc) is 3.00. The van der Waals surface area contributed by atoms with Crippen molar-refractivity contribution in [2.45, 2.75) is 19.1 Å². The van der Waals surface area contributed by atoms with Crippen LogP contribution in [0.5, 0.6) is 0 Å². The molecule has 1 aromatic heterocycles. The van der Waals surface area contributed by atoms with E-state index >= 15 is 0 Å². The van der Waals surface area contributed by atoms with Crippen molar-refractivity contribution in [2.75, 3.05) is 5.32 Å². The summed E-state index contributed by atoms with van der Waals surface area (Å²) in [6.07, 6.45) is -3.25. The van der Waals surface area contributed by atoms with E-state index in [1.165, 1.54) is 23.5 Å². The summed E-state index contributed by atoms with van der Waals surface area (Å²) in [5, 5.41) is 22.9. The molecular formula is C17H15FN2O3S. The molecule has 2 atom stereocenters. The summed E-state index contributed by atoms with van der Waals surface area (Å²) in [6, 6.07) is 11.6. The van der Waals surface area contributed by atoms with Crippen LogP contribution in [0.2, 0.25) is 0 Å². The van der Waals surface area contributed by atoms with Crippen molar-refractivity contribution in [3.63, 3.8) is 0 Å². The van der Waals surface area contributed by atoms with E-state index in [4.69, 9.17) is 0 Å². The summed E-state index contributed by atoms with van der Waals surface area (Å²) in [6.45, 7) is 1.63. The minimum absolute atomic E-state index is 0.0157. The fourth-order valence-corrected chi connectivity index (χ4v) is 3.27. The molecule has 2 aromatic carbocycles. The number of anilines is 1. The zero-order valence-electron chi connectivity index (χ0n) is 12.7. The third-order valence-electron chi connectivity index (χ3n) is 3.60. The molecule has 24 heavy (non-hydrogen) atoms. The van der Waals surface area contributed by atoms with E-state index in [9.17, 15) is 19.4 Å². The Bertz CT molecular complexity index is 843. The number of aromatic nitrogens is 1. The van der Waals surface area contributed by atoms with Crippen LogP contribution in [0.25, 0.3) is 10.2 Å². The number of aliphatic hydroxyl groups excluding tert-OH is 2. The molecule has 0 aliphatic carbocycles. The Morgan fingerprint density at radius 2 is 1.96 bits per heavy atom. The van der Waals surface area contributed by atoms with Crippen molar-refractivity contribution in [3.05, 3.63) is 58.9 Å². The largest absolute Gasteiger partial charge is 0.383 e. The minimum Gasteiger partial charge on any atom is -0.383 e. The smallest absolute Gasteiger partial charge is 0.256 e. The lowest BCUT2D eigenvalue weighted by Gasteiger charge is -2.16. The van der Waals surface area contributed by atoms with Gasteiger partial charge in [-0.3, -0.25) is 4.79 Å². The van der Waals surface area contributed by atoms with Crippen LogP contribution in [0.4, 0.5) is 10.1 Å². The van der Waals surface area contributed by atoms with E-state index in [2.05, 4.69) is 10.3 Å². The van der Waals surface area contributed by atoms with E-state index in [1.807, 2.05) is 18.2 Å². The number of aliphatic hydroxyl groups is 2. The van der Waals surface area contributed by atoms with Crippen LogP contribution in [0, 0.1) is 12.7 Å². The molecular weight excluding hydrogens is 331 g/mol. The molecule has 2 unspecified atom stereocenters. The number of halogens is 1. The van der Waals surface area contributed by atoms with Crippen molar-refractivity contribution in [3.8, 4) is 0 Å². The highest BCUT2D eigenvalue weighted by Gasteiger charge is 2.29. The van der Waals surface area contributed by atoms with Crippen molar-refractivity contribution >= 4 is 33.1 Å². The first kappa shape index (κ1) is 16.5. The Labute approximate surface area is 141 Å². The second-order valence-electron chi connectivity index (χ2n) is 5.33. The van der Waals surface area contributed by atoms with Crippen LogP contribution in [0.1, 0.15) is 16.7 Å². The van der Waals surface area contributed by atoms with Gasteiger partial charge in [0.1, 0.15) is 16.9 Å². The molecule has 0 radical (unpaired) electrons. The number of rotatable bonds is 4. The number of benzene rings is 2. The van der Waals surface area contributed by atoms with Gasteiger partial charge in [-0.2, -0.15) is 0 Å². The number of thiazole rings is 1. The number of hydrogen-bond acceptors (Lipinski definition) is 5. The SMILES string of the molecule is Cc1cccc(F)c1NC(=O)C(O)C(O)c1nc2ccccc2s1. The Hall–Kier alpha value is -2.35. The topological polar surface area (TPSA) is 82.5 Å². The molecule has 1 heterocycles. The average molecular weight is 346 g/mol. The third kappa shape index (κ3) is 3.14. The summed E-state index contributed by atoms with van der Waals surface area (Å²) in [5.74, 6) is -1.50. The summed E-state index contributed by atoms with van der Waals surface area (Å²) in [7, 11) is 0. The highest BCUT2D eigenvalue weighted by atomic mass is 32.1. The molecule has 3 aromatic rings. The van der Waals surface area contributed by atoms with Crippen LogP contribution >= 0.6 is 11.3 Å². The van der Waals surface area contributed by atoms with Gasteiger partial charge in [-0.05, 0) is 30.7 Å². The van der Waals surface area contributed by atoms with Gasteiger partial charge in [0.05, 0.1) is 15.9 Å². The number of amides is 1. The molecule has 0 spiro atoms. The fraction of sp³-hybridized carbons (Fsp3) is 0.176. The summed E-state index contributed by atoms with van der Waals surface area (Å²) in [4.78, 5) is 16.3. The molecule has 3 N–H and O–H groups in total. The Morgan fingerprint density at radius 1 is 1.21 bits per heavy atom. The molecule has 5 nitrogen and oxygen atoms in total. The molecule has 0 saturated heterocycles. The molecule has 3 rings (SSSR count). The lowest BCUT2D eigenvalue weighted by atomic mass is 10.1. The molecule has 0 aliphatic heterocycles. The highest BCUT2D eigenvalue weighted by Crippen LogP contribution is 2.28. The number of carbonyl (C=O) groups is 1. The molecule has 124 valence electrons. The quantitative estimate of drug-likeness (QED) is 0.678. The van der Waals surface area contributed by atoms with E-state index in [-0.39, 0.29) is 10.7 Å². The Kier molecular flexibility index (Phi) is 4.57. The lowest BCUT2D eigenvalue weighted by Crippen LogP contribution is -2.33. The second-order valence-corrected chi connectivity index (χ2v) is 6.39. The zero-order chi connectivity index (χ0) is 17.3. The number of fused-ring (bicyclic) bond motifs is 1.